The van der Waals surface area contributed by atoms with Crippen LogP contribution in [0.2, 0.25) is 0 Å². The van der Waals surface area contributed by atoms with Crippen LogP contribution in [-0.2, 0) is 4.57 Å². The lowest BCUT2D eigenvalue weighted by molar-refractivity contribution is 0.364. The van der Waals surface area contributed by atoms with Crippen molar-refractivity contribution < 1.29 is 14.4 Å². The first-order valence-electron chi connectivity index (χ1n) is 8.67. The third kappa shape index (κ3) is 12.5. The van der Waals surface area contributed by atoms with Crippen LogP contribution in [-0.4, -0.2) is 15.4 Å². The zero-order chi connectivity index (χ0) is 18.8. The third-order valence-corrected chi connectivity index (χ3v) is 5.02. The second kappa shape index (κ2) is 11.6. The maximum absolute atomic E-state index is 11.6. The molecule has 0 aromatic carbocycles. The largest absolute Gasteiger partial charge is 0.332 e. The van der Waals surface area contributed by atoms with E-state index in [1.165, 1.54) is 11.1 Å². The molecule has 0 radical (unpaired) electrons. The first kappa shape index (κ1) is 23.1. The van der Waals surface area contributed by atoms with E-state index in [1.807, 2.05) is 26.8 Å². The van der Waals surface area contributed by atoms with Gasteiger partial charge >= 0.3 is 7.60 Å². The van der Waals surface area contributed by atoms with Crippen molar-refractivity contribution in [1.82, 2.24) is 0 Å². The summed E-state index contributed by atoms with van der Waals surface area (Å²) >= 11 is 0. The van der Waals surface area contributed by atoms with E-state index in [2.05, 4.69) is 32.9 Å². The Balaban J connectivity index is 4.62. The molecule has 0 saturated heterocycles. The van der Waals surface area contributed by atoms with Gasteiger partial charge in [-0.2, -0.15) is 0 Å². The minimum atomic E-state index is -4.10. The van der Waals surface area contributed by atoms with Gasteiger partial charge in [0.15, 0.2) is 0 Å². The van der Waals surface area contributed by atoms with E-state index >= 15 is 0 Å². The van der Waals surface area contributed by atoms with Gasteiger partial charge in [-0.3, -0.25) is 4.57 Å². The highest BCUT2D eigenvalue weighted by molar-refractivity contribution is 7.52. The minimum Gasteiger partial charge on any atom is -0.324 e. The summed E-state index contributed by atoms with van der Waals surface area (Å²) in [6.07, 6.45) is 12.4. The summed E-state index contributed by atoms with van der Waals surface area (Å²) in [5.74, 6) is 0. The molecule has 0 aromatic rings. The van der Waals surface area contributed by atoms with Crippen molar-refractivity contribution in [2.75, 3.05) is 0 Å². The van der Waals surface area contributed by atoms with Crippen molar-refractivity contribution in [3.63, 3.8) is 0 Å². The van der Waals surface area contributed by atoms with Crippen LogP contribution in [0, 0.1) is 0 Å². The van der Waals surface area contributed by atoms with E-state index in [4.69, 9.17) is 0 Å². The summed E-state index contributed by atoms with van der Waals surface area (Å²) < 4.78 is 11.6. The monoisotopic (exact) mass is 354 g/mol. The van der Waals surface area contributed by atoms with E-state index in [1.54, 1.807) is 6.08 Å². The number of hydrogen-bond donors (Lipinski definition) is 2. The standard InChI is InChI=1S/C20H35O3P/c1-16(2)9-7-10-18(5)11-8-12-19(6)15-20(24(21,22)23)14-13-17(3)4/h9,11,13,15,20H,7-8,10,12,14H2,1-6H3,(H2,21,22,23). The van der Waals surface area contributed by atoms with E-state index < -0.39 is 13.3 Å². The Morgan fingerprint density at radius 1 is 0.833 bits per heavy atom. The van der Waals surface area contributed by atoms with Gasteiger partial charge in [0.05, 0.1) is 5.66 Å². The van der Waals surface area contributed by atoms with Crippen molar-refractivity contribution in [1.29, 1.82) is 0 Å². The fourth-order valence-electron chi connectivity index (χ4n) is 2.31. The van der Waals surface area contributed by atoms with E-state index in [-0.39, 0.29) is 0 Å². The lowest BCUT2D eigenvalue weighted by atomic mass is 10.1. The number of allylic oxidation sites excluding steroid dienone is 8. The normalized spacial score (nSPS) is 14.3. The van der Waals surface area contributed by atoms with E-state index in [9.17, 15) is 14.4 Å². The quantitative estimate of drug-likeness (QED) is 0.357. The molecule has 0 spiro atoms. The molecule has 4 heteroatoms. The van der Waals surface area contributed by atoms with Crippen molar-refractivity contribution in [2.45, 2.75) is 79.3 Å². The average Bonchev–Trinajstić information content (AvgIpc) is 2.41. The van der Waals surface area contributed by atoms with E-state index in [0.717, 1.165) is 36.8 Å². The highest BCUT2D eigenvalue weighted by Gasteiger charge is 2.25. The lowest BCUT2D eigenvalue weighted by Gasteiger charge is -2.14. The topological polar surface area (TPSA) is 57.5 Å². The maximum atomic E-state index is 11.6. The molecule has 0 bridgehead atoms. The van der Waals surface area contributed by atoms with Crippen LogP contribution in [0.3, 0.4) is 0 Å². The Morgan fingerprint density at radius 3 is 1.83 bits per heavy atom. The van der Waals surface area contributed by atoms with Crippen LogP contribution in [0.25, 0.3) is 0 Å². The fraction of sp³-hybridized carbons (Fsp3) is 0.600. The van der Waals surface area contributed by atoms with Crippen LogP contribution < -0.4 is 0 Å². The van der Waals surface area contributed by atoms with Gasteiger partial charge in [0.25, 0.3) is 0 Å². The lowest BCUT2D eigenvalue weighted by Crippen LogP contribution is -2.05. The van der Waals surface area contributed by atoms with Gasteiger partial charge in [0.2, 0.25) is 0 Å². The molecule has 0 heterocycles. The molecule has 138 valence electrons. The molecule has 1 unspecified atom stereocenters. The third-order valence-electron chi connectivity index (χ3n) is 3.80. The Morgan fingerprint density at radius 2 is 1.33 bits per heavy atom. The van der Waals surface area contributed by atoms with Crippen LogP contribution in [0.5, 0.6) is 0 Å². The van der Waals surface area contributed by atoms with Gasteiger partial charge in [-0.05, 0) is 73.6 Å². The zero-order valence-corrected chi connectivity index (χ0v) is 17.1. The van der Waals surface area contributed by atoms with Gasteiger partial charge in [-0.1, -0.05) is 46.6 Å². The Bertz CT molecular complexity index is 539. The summed E-state index contributed by atoms with van der Waals surface area (Å²) in [7, 11) is -4.10. The summed E-state index contributed by atoms with van der Waals surface area (Å²) in [4.78, 5) is 19.0. The molecule has 0 aliphatic carbocycles. The van der Waals surface area contributed by atoms with Crippen molar-refractivity contribution in [3.8, 4) is 0 Å². The van der Waals surface area contributed by atoms with Crippen molar-refractivity contribution >= 4 is 7.60 Å². The molecule has 3 nitrogen and oxygen atoms in total. The number of rotatable bonds is 10. The predicted molar refractivity (Wildman–Crippen MR) is 105 cm³/mol. The second-order valence-electron chi connectivity index (χ2n) is 7.10. The molecule has 0 saturated carbocycles. The van der Waals surface area contributed by atoms with Gasteiger partial charge in [-0.25, -0.2) is 0 Å². The molecular formula is C20H35O3P. The molecule has 0 aliphatic rings. The average molecular weight is 354 g/mol. The van der Waals surface area contributed by atoms with Gasteiger partial charge in [0, 0.05) is 0 Å². The van der Waals surface area contributed by atoms with Crippen LogP contribution in [0.1, 0.15) is 73.6 Å². The highest BCUT2D eigenvalue weighted by atomic mass is 31.2. The Kier molecular flexibility index (Phi) is 11.2. The molecule has 0 aliphatic heterocycles. The van der Waals surface area contributed by atoms with Crippen LogP contribution >= 0.6 is 7.60 Å². The number of hydrogen-bond acceptors (Lipinski definition) is 1. The summed E-state index contributed by atoms with van der Waals surface area (Å²) in [6, 6.07) is 0. The Labute approximate surface area is 148 Å². The zero-order valence-electron chi connectivity index (χ0n) is 16.2. The summed E-state index contributed by atoms with van der Waals surface area (Å²) in [5, 5.41) is 0. The van der Waals surface area contributed by atoms with E-state index in [0.29, 0.717) is 6.42 Å². The molecule has 2 N–H and O–H groups in total. The molecule has 0 amide bonds. The maximum Gasteiger partial charge on any atom is 0.332 e. The fourth-order valence-corrected chi connectivity index (χ4v) is 3.14. The van der Waals surface area contributed by atoms with Gasteiger partial charge < -0.3 is 9.79 Å². The van der Waals surface area contributed by atoms with Gasteiger partial charge in [0.1, 0.15) is 0 Å². The first-order valence-corrected chi connectivity index (χ1v) is 10.4. The second-order valence-corrected chi connectivity index (χ2v) is 8.94. The first-order chi connectivity index (χ1) is 11.0. The molecule has 24 heavy (non-hydrogen) atoms. The van der Waals surface area contributed by atoms with Crippen LogP contribution in [0.15, 0.2) is 46.6 Å². The molecular weight excluding hydrogens is 319 g/mol. The smallest absolute Gasteiger partial charge is 0.324 e. The molecule has 0 fully saturated rings. The predicted octanol–water partition coefficient (Wildman–Crippen LogP) is 6.31. The SMILES string of the molecule is CC(C)=CCCC(C)=CCCC(C)=CC(CC=C(C)C)P(=O)(O)O. The summed E-state index contributed by atoms with van der Waals surface area (Å²) in [6.45, 7) is 12.2. The summed E-state index contributed by atoms with van der Waals surface area (Å²) in [5.41, 5.74) is 4.13. The minimum absolute atomic E-state index is 0.390. The van der Waals surface area contributed by atoms with Crippen LogP contribution in [0.4, 0.5) is 0 Å². The molecule has 0 rings (SSSR count). The highest BCUT2D eigenvalue weighted by Crippen LogP contribution is 2.44. The molecule has 1 atom stereocenters. The van der Waals surface area contributed by atoms with Crippen molar-refractivity contribution in [3.05, 3.63) is 46.6 Å². The van der Waals surface area contributed by atoms with Gasteiger partial charge in [-0.15, -0.1) is 0 Å². The molecule has 0 aromatic heterocycles. The van der Waals surface area contributed by atoms with Crippen molar-refractivity contribution in [2.24, 2.45) is 0 Å². The Hall–Kier alpha value is -0.890.